The van der Waals surface area contributed by atoms with Gasteiger partial charge in [0.05, 0.1) is 10.2 Å². The average Bonchev–Trinajstić information content (AvgIpc) is 2.53. The van der Waals surface area contributed by atoms with Crippen LogP contribution >= 0.6 is 15.9 Å². The van der Waals surface area contributed by atoms with Crippen LogP contribution in [0.5, 0.6) is 0 Å². The van der Waals surface area contributed by atoms with Crippen molar-refractivity contribution < 1.29 is 18.0 Å². The predicted octanol–water partition coefficient (Wildman–Crippen LogP) is 2.62. The van der Waals surface area contributed by atoms with Crippen LogP contribution in [0.2, 0.25) is 0 Å². The van der Waals surface area contributed by atoms with Crippen molar-refractivity contribution in [2.24, 2.45) is 0 Å². The van der Waals surface area contributed by atoms with Crippen molar-refractivity contribution in [1.29, 1.82) is 0 Å². The lowest BCUT2D eigenvalue weighted by Gasteiger charge is -2.18. The highest BCUT2D eigenvalue weighted by atomic mass is 79.9. The Kier molecular flexibility index (Phi) is 4.09. The molecule has 0 N–H and O–H groups in total. The van der Waals surface area contributed by atoms with Crippen LogP contribution in [0.25, 0.3) is 0 Å². The molecule has 0 saturated heterocycles. The molecular formula is C10H13BrF3N3O. The van der Waals surface area contributed by atoms with Crippen molar-refractivity contribution in [2.45, 2.75) is 26.1 Å². The lowest BCUT2D eigenvalue weighted by molar-refractivity contribution is -0.142. The van der Waals surface area contributed by atoms with Gasteiger partial charge >= 0.3 is 6.18 Å². The Bertz CT molecular complexity index is 468. The van der Waals surface area contributed by atoms with E-state index in [0.717, 1.165) is 4.68 Å². The molecule has 0 aromatic carbocycles. The van der Waals surface area contributed by atoms with Crippen LogP contribution in [-0.4, -0.2) is 34.7 Å². The van der Waals surface area contributed by atoms with E-state index in [1.165, 1.54) is 32.8 Å². The quantitative estimate of drug-likeness (QED) is 0.837. The summed E-state index contributed by atoms with van der Waals surface area (Å²) in [7, 11) is 3.08. The van der Waals surface area contributed by atoms with Crippen LogP contribution in [-0.2, 0) is 11.0 Å². The Morgan fingerprint density at radius 1 is 1.44 bits per heavy atom. The van der Waals surface area contributed by atoms with Gasteiger partial charge < -0.3 is 4.90 Å². The standard InChI is InChI=1S/C10H13BrF3N3O/c1-5-7(11)8(10(12,13)14)15-17(5)6(2)9(18)16(3)4/h6H,1-4H3. The second kappa shape index (κ2) is 4.91. The zero-order chi connectivity index (χ0) is 14.2. The third-order valence-electron chi connectivity index (χ3n) is 2.51. The summed E-state index contributed by atoms with van der Waals surface area (Å²) < 4.78 is 38.9. The molecule has 0 aliphatic carbocycles. The van der Waals surface area contributed by atoms with E-state index < -0.39 is 17.9 Å². The summed E-state index contributed by atoms with van der Waals surface area (Å²) in [5, 5.41) is 3.48. The number of rotatable bonds is 2. The molecule has 0 saturated carbocycles. The average molecular weight is 328 g/mol. The Morgan fingerprint density at radius 2 is 1.94 bits per heavy atom. The number of halogens is 4. The largest absolute Gasteiger partial charge is 0.436 e. The first-order chi connectivity index (χ1) is 8.07. The van der Waals surface area contributed by atoms with Crippen molar-refractivity contribution in [3.05, 3.63) is 15.9 Å². The van der Waals surface area contributed by atoms with Crippen molar-refractivity contribution in [1.82, 2.24) is 14.7 Å². The summed E-state index contributed by atoms with van der Waals surface area (Å²) in [4.78, 5) is 13.0. The van der Waals surface area contributed by atoms with Crippen molar-refractivity contribution in [2.75, 3.05) is 14.1 Å². The van der Waals surface area contributed by atoms with Crippen LogP contribution in [0.15, 0.2) is 4.47 Å². The number of hydrogen-bond acceptors (Lipinski definition) is 2. The first kappa shape index (κ1) is 15.0. The molecule has 1 unspecified atom stereocenters. The third kappa shape index (κ3) is 2.68. The van der Waals surface area contributed by atoms with Crippen LogP contribution in [0.4, 0.5) is 13.2 Å². The molecular weight excluding hydrogens is 315 g/mol. The number of amides is 1. The van der Waals surface area contributed by atoms with E-state index in [9.17, 15) is 18.0 Å². The smallest absolute Gasteiger partial charge is 0.347 e. The van der Waals surface area contributed by atoms with E-state index >= 15 is 0 Å². The molecule has 0 aliphatic heterocycles. The summed E-state index contributed by atoms with van der Waals surface area (Å²) in [5.74, 6) is -0.318. The molecule has 1 aromatic rings. The maximum absolute atomic E-state index is 12.7. The molecule has 0 fully saturated rings. The van der Waals surface area contributed by atoms with E-state index in [2.05, 4.69) is 21.0 Å². The van der Waals surface area contributed by atoms with Crippen LogP contribution in [0.3, 0.4) is 0 Å². The first-order valence-corrected chi connectivity index (χ1v) is 5.89. The Labute approximate surface area is 111 Å². The maximum atomic E-state index is 12.7. The number of alkyl halides is 3. The zero-order valence-corrected chi connectivity index (χ0v) is 11.9. The second-order valence-electron chi connectivity index (χ2n) is 4.10. The lowest BCUT2D eigenvalue weighted by atomic mass is 10.3. The van der Waals surface area contributed by atoms with Crippen molar-refractivity contribution >= 4 is 21.8 Å². The Hall–Kier alpha value is -1.05. The van der Waals surface area contributed by atoms with Crippen LogP contribution in [0, 0.1) is 6.92 Å². The number of nitrogens with zero attached hydrogens (tertiary/aromatic N) is 3. The van der Waals surface area contributed by atoms with Gasteiger partial charge in [-0.2, -0.15) is 18.3 Å². The molecule has 18 heavy (non-hydrogen) atoms. The zero-order valence-electron chi connectivity index (χ0n) is 10.3. The van der Waals surface area contributed by atoms with Gasteiger partial charge in [0.25, 0.3) is 0 Å². The van der Waals surface area contributed by atoms with Crippen LogP contribution < -0.4 is 0 Å². The van der Waals surface area contributed by atoms with E-state index in [4.69, 9.17) is 0 Å². The molecule has 1 atom stereocenters. The maximum Gasteiger partial charge on any atom is 0.436 e. The number of carbonyl (C=O) groups is 1. The van der Waals surface area contributed by atoms with Crippen molar-refractivity contribution in [3.63, 3.8) is 0 Å². The van der Waals surface area contributed by atoms with Gasteiger partial charge in [-0.25, -0.2) is 0 Å². The molecule has 1 amide bonds. The molecule has 0 spiro atoms. The fourth-order valence-electron chi connectivity index (χ4n) is 1.54. The highest BCUT2D eigenvalue weighted by molar-refractivity contribution is 9.10. The van der Waals surface area contributed by atoms with Gasteiger partial charge in [-0.05, 0) is 29.8 Å². The molecule has 102 valence electrons. The monoisotopic (exact) mass is 327 g/mol. The highest BCUT2D eigenvalue weighted by Crippen LogP contribution is 2.36. The van der Waals surface area contributed by atoms with Crippen molar-refractivity contribution in [3.8, 4) is 0 Å². The Balaban J connectivity index is 3.24. The molecule has 1 heterocycles. The predicted molar refractivity (Wildman–Crippen MR) is 63.1 cm³/mol. The third-order valence-corrected chi connectivity index (χ3v) is 3.46. The summed E-state index contributed by atoms with van der Waals surface area (Å²) in [6, 6.07) is -0.785. The molecule has 4 nitrogen and oxygen atoms in total. The molecule has 1 rings (SSSR count). The fourth-order valence-corrected chi connectivity index (χ4v) is 2.02. The molecule has 0 bridgehead atoms. The van der Waals surface area contributed by atoms with Gasteiger partial charge in [-0.15, -0.1) is 0 Å². The minimum atomic E-state index is -4.55. The molecule has 0 aliphatic rings. The van der Waals surface area contributed by atoms with Gasteiger partial charge in [-0.1, -0.05) is 0 Å². The Morgan fingerprint density at radius 3 is 2.28 bits per heavy atom. The van der Waals surface area contributed by atoms with Gasteiger partial charge in [0.2, 0.25) is 5.91 Å². The number of likely N-dealkylation sites (N-methyl/N-ethyl adjacent to an activating group) is 1. The lowest BCUT2D eigenvalue weighted by Crippen LogP contribution is -2.31. The summed E-state index contributed by atoms with van der Waals surface area (Å²) >= 11 is 2.86. The van der Waals surface area contributed by atoms with E-state index in [1.807, 2.05) is 0 Å². The normalized spacial score (nSPS) is 13.6. The van der Waals surface area contributed by atoms with Gasteiger partial charge in [0.1, 0.15) is 6.04 Å². The van der Waals surface area contributed by atoms with E-state index in [1.54, 1.807) is 0 Å². The molecule has 0 radical (unpaired) electrons. The number of carbonyl (C=O) groups excluding carboxylic acids is 1. The second-order valence-corrected chi connectivity index (χ2v) is 4.89. The van der Waals surface area contributed by atoms with Crippen LogP contribution in [0.1, 0.15) is 24.4 Å². The van der Waals surface area contributed by atoms with Gasteiger partial charge in [0, 0.05) is 14.1 Å². The topological polar surface area (TPSA) is 38.1 Å². The van der Waals surface area contributed by atoms with E-state index in [-0.39, 0.29) is 16.1 Å². The molecule has 1 aromatic heterocycles. The number of hydrogen-bond donors (Lipinski definition) is 0. The minimum absolute atomic E-state index is 0.131. The SMILES string of the molecule is Cc1c(Br)c(C(F)(F)F)nn1C(C)C(=O)N(C)C. The highest BCUT2D eigenvalue weighted by Gasteiger charge is 2.39. The first-order valence-electron chi connectivity index (χ1n) is 5.10. The van der Waals surface area contributed by atoms with Gasteiger partial charge in [-0.3, -0.25) is 9.48 Å². The summed E-state index contributed by atoms with van der Waals surface area (Å²) in [6.45, 7) is 2.99. The summed E-state index contributed by atoms with van der Waals surface area (Å²) in [6.07, 6.45) is -4.55. The van der Waals surface area contributed by atoms with E-state index in [0.29, 0.717) is 0 Å². The number of aromatic nitrogens is 2. The summed E-state index contributed by atoms with van der Waals surface area (Å²) in [5.41, 5.74) is -0.747. The minimum Gasteiger partial charge on any atom is -0.347 e. The fraction of sp³-hybridized carbons (Fsp3) is 0.600. The van der Waals surface area contributed by atoms with Gasteiger partial charge in [0.15, 0.2) is 5.69 Å². The molecule has 8 heteroatoms.